The maximum Gasteiger partial charge on any atom is 0.329 e. The second kappa shape index (κ2) is 13.5. The Morgan fingerprint density at radius 1 is 1.03 bits per heavy atom. The third-order valence-corrected chi connectivity index (χ3v) is 7.27. The molecule has 1 aliphatic rings. The molecular formula is C30H42N2O6. The van der Waals surface area contributed by atoms with E-state index in [0.717, 1.165) is 31.2 Å². The smallest absolute Gasteiger partial charge is 0.329 e. The Balaban J connectivity index is 1.88. The fourth-order valence-electron chi connectivity index (χ4n) is 4.93. The molecule has 8 nitrogen and oxygen atoms in total. The average molecular weight is 527 g/mol. The summed E-state index contributed by atoms with van der Waals surface area (Å²) < 4.78 is 11.7. The number of amides is 2. The molecule has 0 aromatic heterocycles. The van der Waals surface area contributed by atoms with E-state index in [2.05, 4.69) is 17.4 Å². The van der Waals surface area contributed by atoms with Crippen molar-refractivity contribution in [2.45, 2.75) is 83.9 Å². The summed E-state index contributed by atoms with van der Waals surface area (Å²) >= 11 is 0. The van der Waals surface area contributed by atoms with Crippen molar-refractivity contribution in [3.05, 3.63) is 59.2 Å². The molecule has 0 aliphatic heterocycles. The summed E-state index contributed by atoms with van der Waals surface area (Å²) in [5.41, 5.74) is 1.40. The lowest BCUT2D eigenvalue weighted by Gasteiger charge is -2.41. The van der Waals surface area contributed by atoms with Crippen LogP contribution in [0.3, 0.4) is 0 Å². The van der Waals surface area contributed by atoms with Crippen molar-refractivity contribution in [2.75, 3.05) is 19.8 Å². The summed E-state index contributed by atoms with van der Waals surface area (Å²) in [7, 11) is 0. The highest BCUT2D eigenvalue weighted by Crippen LogP contribution is 2.39. The number of aliphatic carboxylic acids is 1. The molecule has 1 unspecified atom stereocenters. The van der Waals surface area contributed by atoms with Crippen LogP contribution in [0.25, 0.3) is 0 Å². The lowest BCUT2D eigenvalue weighted by Crippen LogP contribution is -2.61. The highest BCUT2D eigenvalue weighted by atomic mass is 16.5. The third kappa shape index (κ3) is 6.98. The highest BCUT2D eigenvalue weighted by Gasteiger charge is 2.46. The number of carbonyl (C=O) groups excluding carboxylic acids is 1. The zero-order chi connectivity index (χ0) is 27.7. The van der Waals surface area contributed by atoms with E-state index in [1.165, 1.54) is 5.56 Å². The molecule has 0 saturated heterocycles. The van der Waals surface area contributed by atoms with E-state index in [0.29, 0.717) is 49.7 Å². The fourth-order valence-corrected chi connectivity index (χ4v) is 4.93. The minimum atomic E-state index is -1.21. The van der Waals surface area contributed by atoms with Crippen molar-refractivity contribution in [3.63, 3.8) is 0 Å². The Morgan fingerprint density at radius 3 is 2.11 bits per heavy atom. The molecule has 2 atom stereocenters. The quantitative estimate of drug-likeness (QED) is 0.275. The number of hydrogen-bond acceptors (Lipinski definition) is 5. The number of aliphatic hydroxyl groups excluding tert-OH is 1. The molecule has 1 aliphatic carbocycles. The summed E-state index contributed by atoms with van der Waals surface area (Å²) in [4.78, 5) is 27.2. The summed E-state index contributed by atoms with van der Waals surface area (Å²) in [5, 5.41) is 23.1. The minimum absolute atomic E-state index is 0.390. The van der Waals surface area contributed by atoms with Gasteiger partial charge < -0.3 is 29.9 Å². The number of hydrogen-bond donors (Lipinski definition) is 3. The molecule has 8 heteroatoms. The first-order valence-electron chi connectivity index (χ1n) is 13.7. The van der Waals surface area contributed by atoms with Crippen LogP contribution in [0.5, 0.6) is 11.5 Å². The van der Waals surface area contributed by atoms with Crippen LogP contribution >= 0.6 is 0 Å². The van der Waals surface area contributed by atoms with Crippen LogP contribution in [0.1, 0.15) is 88.6 Å². The number of nitrogens with zero attached hydrogens (tertiary/aromatic N) is 1. The molecule has 0 bridgehead atoms. The highest BCUT2D eigenvalue weighted by molar-refractivity contribution is 5.87. The number of ether oxygens (including phenoxy) is 2. The number of aryl methyl sites for hydroxylation is 1. The molecule has 1 fully saturated rings. The Hall–Kier alpha value is -3.26. The predicted octanol–water partition coefficient (Wildman–Crippen LogP) is 5.64. The normalized spacial score (nSPS) is 15.6. The van der Waals surface area contributed by atoms with Gasteiger partial charge in [0.1, 0.15) is 17.0 Å². The number of carboxylic acids is 1. The van der Waals surface area contributed by atoms with Crippen LogP contribution < -0.4 is 14.8 Å². The SMILES string of the molecule is CCOc1cc([C@@H](C)N(CCCCc2ccccc2)C(=O)NC2(C(=O)O)CCC2)cc(OCC)c1C(C)O. The first-order valence-corrected chi connectivity index (χ1v) is 13.7. The number of nitrogens with one attached hydrogen (secondary N) is 1. The summed E-state index contributed by atoms with van der Waals surface area (Å²) in [6.07, 6.45) is 3.38. The van der Waals surface area contributed by atoms with Gasteiger partial charge in [0, 0.05) is 6.54 Å². The average Bonchev–Trinajstić information content (AvgIpc) is 2.86. The van der Waals surface area contributed by atoms with Gasteiger partial charge in [0.05, 0.1) is 30.9 Å². The van der Waals surface area contributed by atoms with Gasteiger partial charge in [-0.3, -0.25) is 0 Å². The molecule has 3 N–H and O–H groups in total. The molecule has 208 valence electrons. The van der Waals surface area contributed by atoms with E-state index in [1.54, 1.807) is 11.8 Å². The Morgan fingerprint density at radius 2 is 1.63 bits per heavy atom. The molecule has 0 radical (unpaired) electrons. The molecular weight excluding hydrogens is 484 g/mol. The minimum Gasteiger partial charge on any atom is -0.493 e. The number of carboxylic acid groups (broad SMARTS) is 1. The second-order valence-electron chi connectivity index (χ2n) is 9.96. The van der Waals surface area contributed by atoms with Crippen molar-refractivity contribution >= 4 is 12.0 Å². The maximum absolute atomic E-state index is 13.6. The van der Waals surface area contributed by atoms with Crippen molar-refractivity contribution in [1.29, 1.82) is 0 Å². The van der Waals surface area contributed by atoms with Gasteiger partial charge in [-0.2, -0.15) is 0 Å². The van der Waals surface area contributed by atoms with Gasteiger partial charge in [0.15, 0.2) is 0 Å². The van der Waals surface area contributed by atoms with Crippen molar-refractivity contribution in [2.24, 2.45) is 0 Å². The number of benzene rings is 2. The van der Waals surface area contributed by atoms with E-state index in [9.17, 15) is 19.8 Å². The lowest BCUT2D eigenvalue weighted by molar-refractivity contribution is -0.148. The number of carbonyl (C=O) groups is 2. The molecule has 0 heterocycles. The van der Waals surface area contributed by atoms with Gasteiger partial charge in [0.2, 0.25) is 0 Å². The fraction of sp³-hybridized carbons (Fsp3) is 0.533. The first-order chi connectivity index (χ1) is 18.2. The van der Waals surface area contributed by atoms with Gasteiger partial charge in [-0.05, 0) is 89.5 Å². The van der Waals surface area contributed by atoms with Gasteiger partial charge in [-0.1, -0.05) is 30.3 Å². The lowest BCUT2D eigenvalue weighted by atomic mass is 9.77. The van der Waals surface area contributed by atoms with Crippen LogP contribution in [0.15, 0.2) is 42.5 Å². The molecule has 1 saturated carbocycles. The van der Waals surface area contributed by atoms with Crippen molar-refractivity contribution in [3.8, 4) is 11.5 Å². The zero-order valence-corrected chi connectivity index (χ0v) is 23.0. The Labute approximate surface area is 225 Å². The van der Waals surface area contributed by atoms with Crippen LogP contribution in [0.4, 0.5) is 4.79 Å². The van der Waals surface area contributed by atoms with Crippen molar-refractivity contribution in [1.82, 2.24) is 10.2 Å². The molecule has 2 aromatic carbocycles. The number of unbranched alkanes of at least 4 members (excludes halogenated alkanes) is 1. The Bertz CT molecular complexity index is 1040. The van der Waals surface area contributed by atoms with E-state index in [-0.39, 0.29) is 6.04 Å². The van der Waals surface area contributed by atoms with E-state index in [4.69, 9.17) is 9.47 Å². The van der Waals surface area contributed by atoms with Gasteiger partial charge in [0.25, 0.3) is 0 Å². The van der Waals surface area contributed by atoms with E-state index in [1.807, 2.05) is 51.1 Å². The zero-order valence-electron chi connectivity index (χ0n) is 23.0. The predicted molar refractivity (Wildman–Crippen MR) is 147 cm³/mol. The van der Waals surface area contributed by atoms with Gasteiger partial charge in [-0.15, -0.1) is 0 Å². The standard InChI is InChI=1S/C30H42N2O6/c1-5-37-25-19-24(20-26(38-6-2)27(25)22(4)33)21(3)32(18-11-10-15-23-13-8-7-9-14-23)29(36)31-30(28(34)35)16-12-17-30/h7-9,13-14,19-22,33H,5-6,10-12,15-18H2,1-4H3,(H,31,36)(H,34,35)/t21-,22?/m1/s1. The summed E-state index contributed by atoms with van der Waals surface area (Å²) in [5.74, 6) is 0.0359. The van der Waals surface area contributed by atoms with Gasteiger partial charge >= 0.3 is 12.0 Å². The van der Waals surface area contributed by atoms with Crippen LogP contribution in [0, 0.1) is 0 Å². The topological polar surface area (TPSA) is 108 Å². The third-order valence-electron chi connectivity index (χ3n) is 7.27. The molecule has 2 amide bonds. The second-order valence-corrected chi connectivity index (χ2v) is 9.96. The molecule has 3 rings (SSSR count). The maximum atomic E-state index is 13.6. The van der Waals surface area contributed by atoms with E-state index >= 15 is 0 Å². The Kier molecular flexibility index (Phi) is 10.4. The summed E-state index contributed by atoms with van der Waals surface area (Å²) in [6.45, 7) is 8.62. The molecule has 0 spiro atoms. The number of urea groups is 1. The molecule has 2 aromatic rings. The van der Waals surface area contributed by atoms with Crippen LogP contribution in [-0.2, 0) is 11.2 Å². The van der Waals surface area contributed by atoms with Crippen LogP contribution in [0.2, 0.25) is 0 Å². The van der Waals surface area contributed by atoms with Crippen molar-refractivity contribution < 1.29 is 29.3 Å². The van der Waals surface area contributed by atoms with Crippen LogP contribution in [-0.4, -0.2) is 52.4 Å². The largest absolute Gasteiger partial charge is 0.493 e. The van der Waals surface area contributed by atoms with E-state index < -0.39 is 23.6 Å². The molecule has 38 heavy (non-hydrogen) atoms. The summed E-state index contributed by atoms with van der Waals surface area (Å²) in [6, 6.07) is 13.1. The monoisotopic (exact) mass is 526 g/mol. The first kappa shape index (κ1) is 29.3. The number of aliphatic hydroxyl groups is 1. The number of rotatable bonds is 14. The van der Waals surface area contributed by atoms with Gasteiger partial charge in [-0.25, -0.2) is 9.59 Å².